The first-order valence-corrected chi connectivity index (χ1v) is 10.5. The number of nitrogens with one attached hydrogen (secondary N) is 1. The number of sulfonamides is 1. The first-order valence-electron chi connectivity index (χ1n) is 8.30. The van der Waals surface area contributed by atoms with E-state index in [1.807, 2.05) is 19.9 Å². The normalized spacial score (nSPS) is 17.9. The Morgan fingerprint density at radius 3 is 2.68 bits per heavy atom. The lowest BCUT2D eigenvalue weighted by atomic mass is 10.1. The van der Waals surface area contributed by atoms with Gasteiger partial charge in [-0.2, -0.15) is 4.31 Å². The first-order chi connectivity index (χ1) is 11.7. The van der Waals surface area contributed by atoms with Crippen molar-refractivity contribution >= 4 is 33.2 Å². The molecule has 1 N–H and O–H groups in total. The lowest BCUT2D eigenvalue weighted by Gasteiger charge is -2.23. The average molecular weight is 389 g/mol. The monoisotopic (exact) mass is 388 g/mol. The minimum atomic E-state index is -3.40. The Kier molecular flexibility index (Phi) is 6.85. The van der Waals surface area contributed by atoms with Crippen LogP contribution in [0.1, 0.15) is 30.4 Å². The molecule has 25 heavy (non-hydrogen) atoms. The Morgan fingerprint density at radius 2 is 2.12 bits per heavy atom. The van der Waals surface area contributed by atoms with Gasteiger partial charge in [-0.1, -0.05) is 17.7 Å². The van der Waals surface area contributed by atoms with Crippen LogP contribution in [0.2, 0.25) is 5.02 Å². The molecule has 1 aromatic rings. The Morgan fingerprint density at radius 1 is 1.40 bits per heavy atom. The number of hydrogen-bond donors (Lipinski definition) is 1. The zero-order valence-electron chi connectivity index (χ0n) is 14.8. The Hall–Kier alpha value is -1.15. The smallest absolute Gasteiger partial charge is 0.225 e. The molecule has 1 fully saturated rings. The Balaban J connectivity index is 1.96. The van der Waals surface area contributed by atoms with Crippen LogP contribution >= 0.6 is 11.6 Å². The van der Waals surface area contributed by atoms with E-state index in [9.17, 15) is 13.2 Å². The quantitative estimate of drug-likeness (QED) is 0.779. The Bertz CT molecular complexity index is 707. The lowest BCUT2D eigenvalue weighted by Crippen LogP contribution is -2.38. The fourth-order valence-corrected chi connectivity index (χ4v) is 4.14. The number of carbonyl (C=O) groups excluding carboxylic acids is 1. The summed E-state index contributed by atoms with van der Waals surface area (Å²) in [6, 6.07) is 3.71. The molecular formula is C17H25ClN2O4S. The predicted molar refractivity (Wildman–Crippen MR) is 99.6 cm³/mol. The van der Waals surface area contributed by atoms with Gasteiger partial charge in [-0.25, -0.2) is 8.42 Å². The van der Waals surface area contributed by atoms with Crippen molar-refractivity contribution in [2.24, 2.45) is 0 Å². The van der Waals surface area contributed by atoms with Gasteiger partial charge in [-0.05, 0) is 43.9 Å². The maximum Gasteiger partial charge on any atom is 0.225 e. The van der Waals surface area contributed by atoms with Gasteiger partial charge in [0, 0.05) is 26.1 Å². The number of amides is 1. The van der Waals surface area contributed by atoms with Crippen LogP contribution in [0.15, 0.2) is 12.1 Å². The summed E-state index contributed by atoms with van der Waals surface area (Å²) in [6.07, 6.45) is 2.90. The summed E-state index contributed by atoms with van der Waals surface area (Å²) in [5.74, 6) is -0.269. The average Bonchev–Trinajstić information content (AvgIpc) is 2.99. The van der Waals surface area contributed by atoms with Gasteiger partial charge in [0.1, 0.15) is 0 Å². The molecular weight excluding hydrogens is 364 g/mol. The van der Waals surface area contributed by atoms with Crippen LogP contribution in [-0.2, 0) is 19.6 Å². The molecule has 1 saturated heterocycles. The second kappa shape index (κ2) is 8.49. The van der Waals surface area contributed by atoms with Crippen LogP contribution in [0.4, 0.5) is 5.69 Å². The van der Waals surface area contributed by atoms with Gasteiger partial charge in [0.25, 0.3) is 0 Å². The number of ether oxygens (including phenoxy) is 1. The second-order valence-electron chi connectivity index (χ2n) is 6.49. The molecule has 1 heterocycles. The molecule has 1 aromatic carbocycles. The standard InChI is InChI=1S/C17H25ClN2O4S/c1-12-9-13(2)17(15(18)10-12)19-16(21)6-7-20(25(3,22)23)11-14-5-4-8-24-14/h9-10,14H,4-8,11H2,1-3H3,(H,19,21). The van der Waals surface area contributed by atoms with Crippen molar-refractivity contribution in [3.8, 4) is 0 Å². The molecule has 1 aliphatic heterocycles. The lowest BCUT2D eigenvalue weighted by molar-refractivity contribution is -0.116. The fraction of sp³-hybridized carbons (Fsp3) is 0.588. The van der Waals surface area contributed by atoms with Crippen LogP contribution in [0.25, 0.3) is 0 Å². The van der Waals surface area contributed by atoms with Gasteiger partial charge in [0.2, 0.25) is 15.9 Å². The third-order valence-corrected chi connectivity index (χ3v) is 5.75. The van der Waals surface area contributed by atoms with E-state index in [2.05, 4.69) is 5.32 Å². The van der Waals surface area contributed by atoms with E-state index in [-0.39, 0.29) is 31.5 Å². The van der Waals surface area contributed by atoms with E-state index in [0.29, 0.717) is 17.3 Å². The van der Waals surface area contributed by atoms with Crippen LogP contribution in [0.5, 0.6) is 0 Å². The number of carbonyl (C=O) groups is 1. The van der Waals surface area contributed by atoms with E-state index in [1.54, 1.807) is 6.07 Å². The van der Waals surface area contributed by atoms with Crippen molar-refractivity contribution in [3.63, 3.8) is 0 Å². The number of benzene rings is 1. The van der Waals surface area contributed by atoms with Crippen molar-refractivity contribution < 1.29 is 17.9 Å². The maximum atomic E-state index is 12.2. The highest BCUT2D eigenvalue weighted by Gasteiger charge is 2.25. The van der Waals surface area contributed by atoms with Gasteiger partial charge in [0.05, 0.1) is 23.1 Å². The maximum absolute atomic E-state index is 12.2. The van der Waals surface area contributed by atoms with Crippen LogP contribution in [-0.4, -0.2) is 50.7 Å². The highest BCUT2D eigenvalue weighted by Crippen LogP contribution is 2.27. The number of rotatable bonds is 7. The van der Waals surface area contributed by atoms with Gasteiger partial charge in [-0.3, -0.25) is 4.79 Å². The van der Waals surface area contributed by atoms with Gasteiger partial charge < -0.3 is 10.1 Å². The zero-order valence-corrected chi connectivity index (χ0v) is 16.4. The predicted octanol–water partition coefficient (Wildman–Crippen LogP) is 2.73. The summed E-state index contributed by atoms with van der Waals surface area (Å²) in [4.78, 5) is 12.2. The zero-order chi connectivity index (χ0) is 18.6. The van der Waals surface area contributed by atoms with Crippen molar-refractivity contribution in [1.29, 1.82) is 0 Å². The molecule has 1 atom stereocenters. The van der Waals surface area contributed by atoms with E-state index in [1.165, 1.54) is 4.31 Å². The van der Waals surface area contributed by atoms with E-state index < -0.39 is 10.0 Å². The number of anilines is 1. The number of aryl methyl sites for hydroxylation is 2. The summed E-state index contributed by atoms with van der Waals surface area (Å²) in [6.45, 7) is 4.87. The highest BCUT2D eigenvalue weighted by atomic mass is 35.5. The van der Waals surface area contributed by atoms with Crippen LogP contribution in [0.3, 0.4) is 0 Å². The molecule has 0 bridgehead atoms. The number of hydrogen-bond acceptors (Lipinski definition) is 4. The van der Waals surface area contributed by atoms with Crippen molar-refractivity contribution in [1.82, 2.24) is 4.31 Å². The third kappa shape index (κ3) is 5.95. The molecule has 6 nitrogen and oxygen atoms in total. The third-order valence-electron chi connectivity index (χ3n) is 4.18. The van der Waals surface area contributed by atoms with E-state index >= 15 is 0 Å². The summed E-state index contributed by atoms with van der Waals surface area (Å²) < 4.78 is 30.7. The topological polar surface area (TPSA) is 75.7 Å². The van der Waals surface area contributed by atoms with Gasteiger partial charge in [0.15, 0.2) is 0 Å². The Labute approximate surface area is 154 Å². The molecule has 140 valence electrons. The first kappa shape index (κ1) is 20.2. The second-order valence-corrected chi connectivity index (χ2v) is 8.88. The molecule has 1 amide bonds. The molecule has 2 rings (SSSR count). The molecule has 1 unspecified atom stereocenters. The molecule has 8 heteroatoms. The molecule has 0 aliphatic carbocycles. The highest BCUT2D eigenvalue weighted by molar-refractivity contribution is 7.88. The van der Waals surface area contributed by atoms with Crippen molar-refractivity contribution in [3.05, 3.63) is 28.3 Å². The largest absolute Gasteiger partial charge is 0.377 e. The fourth-order valence-electron chi connectivity index (χ4n) is 2.91. The minimum absolute atomic E-state index is 0.0590. The number of nitrogens with zero attached hydrogens (tertiary/aromatic N) is 1. The van der Waals surface area contributed by atoms with E-state index in [4.69, 9.17) is 16.3 Å². The minimum Gasteiger partial charge on any atom is -0.377 e. The van der Waals surface area contributed by atoms with Crippen LogP contribution in [0, 0.1) is 13.8 Å². The summed E-state index contributed by atoms with van der Waals surface area (Å²) in [7, 11) is -3.40. The number of halogens is 1. The van der Waals surface area contributed by atoms with Gasteiger partial charge >= 0.3 is 0 Å². The van der Waals surface area contributed by atoms with Gasteiger partial charge in [-0.15, -0.1) is 0 Å². The van der Waals surface area contributed by atoms with Crippen molar-refractivity contribution in [2.45, 2.75) is 39.2 Å². The molecule has 0 aromatic heterocycles. The molecule has 1 aliphatic rings. The molecule has 0 radical (unpaired) electrons. The molecule has 0 saturated carbocycles. The van der Waals surface area contributed by atoms with Crippen molar-refractivity contribution in [2.75, 3.05) is 31.3 Å². The van der Waals surface area contributed by atoms with Crippen LogP contribution < -0.4 is 5.32 Å². The SMILES string of the molecule is Cc1cc(C)c(NC(=O)CCN(CC2CCCO2)S(C)(=O)=O)c(Cl)c1. The summed E-state index contributed by atoms with van der Waals surface area (Å²) >= 11 is 6.19. The summed E-state index contributed by atoms with van der Waals surface area (Å²) in [5.41, 5.74) is 2.46. The summed E-state index contributed by atoms with van der Waals surface area (Å²) in [5, 5.41) is 3.26. The molecule has 0 spiro atoms. The van der Waals surface area contributed by atoms with E-state index in [0.717, 1.165) is 30.2 Å².